The molecule has 0 saturated heterocycles. The lowest BCUT2D eigenvalue weighted by Gasteiger charge is -2.26. The van der Waals surface area contributed by atoms with Crippen LogP contribution in [0.5, 0.6) is 0 Å². The number of ether oxygens (including phenoxy) is 1. The molecule has 0 unspecified atom stereocenters. The van der Waals surface area contributed by atoms with Gasteiger partial charge in [-0.15, -0.1) is 0 Å². The first-order chi connectivity index (χ1) is 19.8. The summed E-state index contributed by atoms with van der Waals surface area (Å²) in [6.07, 6.45) is 0.00946. The van der Waals surface area contributed by atoms with Crippen LogP contribution in [0.25, 0.3) is 0 Å². The Kier molecular flexibility index (Phi) is 9.85. The van der Waals surface area contributed by atoms with Gasteiger partial charge in [0.05, 0.1) is 36.9 Å². The quantitative estimate of drug-likeness (QED) is 0.0837. The molecule has 0 radical (unpaired) electrons. The van der Waals surface area contributed by atoms with E-state index in [1.54, 1.807) is 44.2 Å². The molecule has 0 spiro atoms. The standard InChI is InChI=1S/C29H21Cl5N2O6/c1-13(2)10-18(36-27(39)20-21(28(36)40)23(32)25(34)24(33)22(20)31)29(41)42-12-19(37)35-17-9-8-15(30)11-16(17)26(38)14-6-4-3-5-7-14/h3-9,11,13,18H,10,12H2,1-2H3,(H,35,37)/t18-/m0/s1. The van der Waals surface area contributed by atoms with Crippen molar-refractivity contribution in [3.05, 3.63) is 95.9 Å². The molecule has 8 nitrogen and oxygen atoms in total. The van der Waals surface area contributed by atoms with Crippen molar-refractivity contribution >= 4 is 93.2 Å². The molecule has 218 valence electrons. The van der Waals surface area contributed by atoms with Gasteiger partial charge in [0.2, 0.25) is 0 Å². The van der Waals surface area contributed by atoms with Gasteiger partial charge in [-0.2, -0.15) is 0 Å². The second kappa shape index (κ2) is 13.0. The highest BCUT2D eigenvalue weighted by Crippen LogP contribution is 2.45. The smallest absolute Gasteiger partial charge is 0.329 e. The van der Waals surface area contributed by atoms with Crippen LogP contribution in [0.15, 0.2) is 48.5 Å². The van der Waals surface area contributed by atoms with Crippen molar-refractivity contribution in [2.24, 2.45) is 5.92 Å². The lowest BCUT2D eigenvalue weighted by atomic mass is 10.0. The van der Waals surface area contributed by atoms with Crippen LogP contribution in [-0.4, -0.2) is 47.0 Å². The van der Waals surface area contributed by atoms with Crippen LogP contribution in [0.3, 0.4) is 0 Å². The fraction of sp³-hybridized carbons (Fsp3) is 0.207. The van der Waals surface area contributed by atoms with Crippen LogP contribution >= 0.6 is 58.0 Å². The molecular weight excluding hydrogens is 650 g/mol. The summed E-state index contributed by atoms with van der Waals surface area (Å²) >= 11 is 30.7. The second-order valence-electron chi connectivity index (χ2n) is 9.67. The zero-order valence-corrected chi connectivity index (χ0v) is 25.8. The number of amides is 3. The largest absolute Gasteiger partial charge is 0.454 e. The van der Waals surface area contributed by atoms with Gasteiger partial charge in [-0.05, 0) is 30.5 Å². The summed E-state index contributed by atoms with van der Waals surface area (Å²) in [5.41, 5.74) is 0.0916. The van der Waals surface area contributed by atoms with Crippen LogP contribution in [0.1, 0.15) is 56.9 Å². The highest BCUT2D eigenvalue weighted by Gasteiger charge is 2.47. The predicted molar refractivity (Wildman–Crippen MR) is 161 cm³/mol. The van der Waals surface area contributed by atoms with Gasteiger partial charge in [-0.1, -0.05) is 102 Å². The number of halogens is 5. The number of rotatable bonds is 9. The Morgan fingerprint density at radius 1 is 0.833 bits per heavy atom. The van der Waals surface area contributed by atoms with E-state index < -0.39 is 36.3 Å². The summed E-state index contributed by atoms with van der Waals surface area (Å²) in [6.45, 7) is 2.76. The average Bonchev–Trinajstić information content (AvgIpc) is 3.22. The third-order valence-corrected chi connectivity index (χ3v) is 8.33. The average molecular weight is 671 g/mol. The van der Waals surface area contributed by atoms with E-state index in [9.17, 15) is 24.0 Å². The molecular formula is C29H21Cl5N2O6. The van der Waals surface area contributed by atoms with E-state index >= 15 is 0 Å². The lowest BCUT2D eigenvalue weighted by Crippen LogP contribution is -2.47. The van der Waals surface area contributed by atoms with Crippen molar-refractivity contribution in [1.82, 2.24) is 4.90 Å². The first-order valence-corrected chi connectivity index (χ1v) is 14.3. The third kappa shape index (κ3) is 6.28. The summed E-state index contributed by atoms with van der Waals surface area (Å²) < 4.78 is 5.24. The number of imide groups is 1. The number of carbonyl (C=O) groups is 5. The molecule has 13 heteroatoms. The summed E-state index contributed by atoms with van der Waals surface area (Å²) in [5, 5.41) is 1.85. The first kappa shape index (κ1) is 31.8. The summed E-state index contributed by atoms with van der Waals surface area (Å²) in [7, 11) is 0. The number of fused-ring (bicyclic) bond motifs is 1. The topological polar surface area (TPSA) is 110 Å². The Balaban J connectivity index is 1.53. The van der Waals surface area contributed by atoms with Gasteiger partial charge < -0.3 is 10.1 Å². The number of nitrogens with one attached hydrogen (secondary N) is 1. The fourth-order valence-corrected chi connectivity index (χ4v) is 5.57. The van der Waals surface area contributed by atoms with Gasteiger partial charge in [0.25, 0.3) is 17.7 Å². The van der Waals surface area contributed by atoms with Gasteiger partial charge in [0.15, 0.2) is 12.4 Å². The summed E-state index contributed by atoms with van der Waals surface area (Å²) in [5.74, 6) is -4.17. The zero-order valence-electron chi connectivity index (χ0n) is 22.0. The summed E-state index contributed by atoms with van der Waals surface area (Å²) in [4.78, 5) is 66.4. The molecule has 4 rings (SSSR count). The predicted octanol–water partition coefficient (Wildman–Crippen LogP) is 7.38. The van der Waals surface area contributed by atoms with Crippen molar-refractivity contribution in [2.45, 2.75) is 26.3 Å². The van der Waals surface area contributed by atoms with E-state index in [-0.39, 0.29) is 65.6 Å². The molecule has 1 atom stereocenters. The number of nitrogens with zero attached hydrogens (tertiary/aromatic N) is 1. The van der Waals surface area contributed by atoms with Gasteiger partial charge >= 0.3 is 5.97 Å². The number of ketones is 1. The minimum atomic E-state index is -1.42. The molecule has 0 aliphatic carbocycles. The number of benzene rings is 3. The van der Waals surface area contributed by atoms with Gasteiger partial charge in [0.1, 0.15) is 6.04 Å². The van der Waals surface area contributed by atoms with E-state index in [2.05, 4.69) is 5.32 Å². The summed E-state index contributed by atoms with van der Waals surface area (Å²) in [6, 6.07) is 11.3. The normalized spacial score (nSPS) is 13.3. The van der Waals surface area contributed by atoms with E-state index in [1.165, 1.54) is 18.2 Å². The Morgan fingerprint density at radius 3 is 1.95 bits per heavy atom. The van der Waals surface area contributed by atoms with Crippen LogP contribution in [0.2, 0.25) is 25.1 Å². The Morgan fingerprint density at radius 2 is 1.40 bits per heavy atom. The molecule has 0 aromatic heterocycles. The van der Waals surface area contributed by atoms with Crippen molar-refractivity contribution < 1.29 is 28.7 Å². The molecule has 0 fully saturated rings. The highest BCUT2D eigenvalue weighted by atomic mass is 35.5. The number of esters is 1. The maximum atomic E-state index is 13.3. The fourth-order valence-electron chi connectivity index (χ4n) is 4.38. The van der Waals surface area contributed by atoms with Crippen LogP contribution < -0.4 is 5.32 Å². The number of hydrogen-bond donors (Lipinski definition) is 1. The lowest BCUT2D eigenvalue weighted by molar-refractivity contribution is -0.151. The van der Waals surface area contributed by atoms with Crippen molar-refractivity contribution in [2.75, 3.05) is 11.9 Å². The van der Waals surface area contributed by atoms with Gasteiger partial charge in [-0.25, -0.2) is 4.79 Å². The molecule has 3 amide bonds. The number of hydrogen-bond acceptors (Lipinski definition) is 6. The van der Waals surface area contributed by atoms with Crippen molar-refractivity contribution in [1.29, 1.82) is 0 Å². The minimum absolute atomic E-state index is 0.00946. The van der Waals surface area contributed by atoms with Crippen LogP contribution in [-0.2, 0) is 14.3 Å². The molecule has 3 aromatic carbocycles. The van der Waals surface area contributed by atoms with E-state index in [0.717, 1.165) is 0 Å². The highest BCUT2D eigenvalue weighted by molar-refractivity contribution is 6.55. The molecule has 1 heterocycles. The molecule has 3 aromatic rings. The Hall–Kier alpha value is -3.14. The second-order valence-corrected chi connectivity index (χ2v) is 11.6. The van der Waals surface area contributed by atoms with Crippen LogP contribution in [0.4, 0.5) is 5.69 Å². The van der Waals surface area contributed by atoms with Crippen molar-refractivity contribution in [3.8, 4) is 0 Å². The van der Waals surface area contributed by atoms with E-state index in [4.69, 9.17) is 62.7 Å². The van der Waals surface area contributed by atoms with Gasteiger partial charge in [-0.3, -0.25) is 24.1 Å². The third-order valence-electron chi connectivity index (χ3n) is 6.29. The van der Waals surface area contributed by atoms with Crippen LogP contribution in [0, 0.1) is 5.92 Å². The Labute approximate surface area is 265 Å². The van der Waals surface area contributed by atoms with E-state index in [1.807, 2.05) is 0 Å². The number of carbonyl (C=O) groups excluding carboxylic acids is 5. The van der Waals surface area contributed by atoms with Gasteiger partial charge in [0, 0.05) is 16.1 Å². The Bertz CT molecular complexity index is 1580. The molecule has 1 N–H and O–H groups in total. The monoisotopic (exact) mass is 668 g/mol. The van der Waals surface area contributed by atoms with E-state index in [0.29, 0.717) is 10.5 Å². The number of anilines is 1. The molecule has 0 bridgehead atoms. The maximum Gasteiger partial charge on any atom is 0.329 e. The minimum Gasteiger partial charge on any atom is -0.454 e. The molecule has 1 aliphatic rings. The SMILES string of the molecule is CC(C)C[C@@H](C(=O)OCC(=O)Nc1ccc(Cl)cc1C(=O)c1ccccc1)N1C(=O)c2c(Cl)c(Cl)c(Cl)c(Cl)c2C1=O. The molecule has 1 aliphatic heterocycles. The zero-order chi connectivity index (χ0) is 30.9. The maximum absolute atomic E-state index is 13.3. The molecule has 0 saturated carbocycles. The molecule has 42 heavy (non-hydrogen) atoms. The first-order valence-electron chi connectivity index (χ1n) is 12.4. The van der Waals surface area contributed by atoms with Crippen molar-refractivity contribution in [3.63, 3.8) is 0 Å².